The standard InChI is InChI=1S/C71H136N4O14S2/c1-9-61(10-2)57-88-70(83)33-19-15-13-17-29-63(76)53-74(54-64(77)30-18-14-16-20-34-71(84)89-58-62(11-3)12-4)40-26-25-37-69(82)87-50-46-72-42-44-73(45-43-72)47-52-91-90-51-28-27-41-75(55-65(78)31-21-23-35-67(80)85-48-38-59(5)6)56-66(79)32-22-24-36-68(81)86-49-39-60(7)8/h59-66,76-79H,9-58H2,1-8H3. The third kappa shape index (κ3) is 53.6. The Kier molecular flexibility index (Phi) is 56.3. The molecule has 0 spiro atoms. The lowest BCUT2D eigenvalue weighted by atomic mass is 10.0. The van der Waals surface area contributed by atoms with Crippen LogP contribution in [0.3, 0.4) is 0 Å². The van der Waals surface area contributed by atoms with E-state index in [1.54, 1.807) is 0 Å². The second-order valence-corrected chi connectivity index (χ2v) is 29.5. The first-order valence-corrected chi connectivity index (χ1v) is 39.0. The molecule has 0 aromatic carbocycles. The van der Waals surface area contributed by atoms with Crippen molar-refractivity contribution in [2.45, 2.75) is 279 Å². The second-order valence-electron chi connectivity index (χ2n) is 26.8. The van der Waals surface area contributed by atoms with Crippen LogP contribution in [0.4, 0.5) is 0 Å². The topological polar surface area (TPSA) is 225 Å². The van der Waals surface area contributed by atoms with Crippen LogP contribution in [0, 0.1) is 23.7 Å². The molecule has 0 saturated carbocycles. The van der Waals surface area contributed by atoms with E-state index in [-0.39, 0.29) is 29.8 Å². The molecule has 536 valence electrons. The van der Waals surface area contributed by atoms with Crippen LogP contribution in [-0.2, 0) is 47.7 Å². The third-order valence-corrected chi connectivity index (χ3v) is 20.0. The minimum absolute atomic E-state index is 0.127. The summed E-state index contributed by atoms with van der Waals surface area (Å²) in [6, 6.07) is 0. The maximum absolute atomic E-state index is 12.8. The Morgan fingerprint density at radius 1 is 0.374 bits per heavy atom. The molecule has 1 aliphatic rings. The highest BCUT2D eigenvalue weighted by Crippen LogP contribution is 2.24. The van der Waals surface area contributed by atoms with Crippen molar-refractivity contribution in [1.29, 1.82) is 0 Å². The minimum Gasteiger partial charge on any atom is -0.466 e. The molecule has 18 nitrogen and oxygen atoms in total. The van der Waals surface area contributed by atoms with Gasteiger partial charge in [-0.15, -0.1) is 0 Å². The molecule has 4 unspecified atom stereocenters. The normalized spacial score (nSPS) is 14.7. The van der Waals surface area contributed by atoms with Crippen LogP contribution in [0.5, 0.6) is 0 Å². The summed E-state index contributed by atoms with van der Waals surface area (Å²) in [6.07, 6.45) is 21.1. The maximum Gasteiger partial charge on any atom is 0.305 e. The Morgan fingerprint density at radius 2 is 0.681 bits per heavy atom. The maximum atomic E-state index is 12.8. The Hall–Kier alpha value is -2.27. The van der Waals surface area contributed by atoms with Crippen LogP contribution in [0.15, 0.2) is 0 Å². The summed E-state index contributed by atoms with van der Waals surface area (Å²) >= 11 is 0. The monoisotopic (exact) mass is 1330 g/mol. The number of unbranched alkanes of at least 4 members (excludes halogenated alkanes) is 10. The molecule has 0 radical (unpaired) electrons. The van der Waals surface area contributed by atoms with E-state index in [1.807, 2.05) is 21.6 Å². The first kappa shape index (κ1) is 86.7. The molecule has 0 aliphatic carbocycles. The first-order valence-electron chi connectivity index (χ1n) is 36.5. The number of esters is 5. The number of aliphatic hydroxyl groups excluding tert-OH is 4. The number of aliphatic hydroxyl groups is 4. The Labute approximate surface area is 562 Å². The van der Waals surface area contributed by atoms with E-state index in [2.05, 4.69) is 75.0 Å². The van der Waals surface area contributed by atoms with Gasteiger partial charge in [0.25, 0.3) is 0 Å². The van der Waals surface area contributed by atoms with Crippen molar-refractivity contribution in [3.05, 3.63) is 0 Å². The summed E-state index contributed by atoms with van der Waals surface area (Å²) in [5.74, 6) is 3.07. The SMILES string of the molecule is CCC(CC)COC(=O)CCCCCCC(O)CN(CCCCC(=O)OCCN1CCN(CCSSCCCCN(CC(O)CCCCC(=O)OCCC(C)C)CC(O)CCCCC(=O)OCCC(C)C)CC1)CC(O)CCCCCCC(=O)OCC(CC)CC. The predicted octanol–water partition coefficient (Wildman–Crippen LogP) is 12.5. The third-order valence-electron chi connectivity index (χ3n) is 17.5. The zero-order valence-corrected chi connectivity index (χ0v) is 60.6. The molecule has 0 amide bonds. The van der Waals surface area contributed by atoms with Gasteiger partial charge in [0.15, 0.2) is 0 Å². The number of piperazine rings is 1. The van der Waals surface area contributed by atoms with Crippen LogP contribution < -0.4 is 0 Å². The van der Waals surface area contributed by atoms with Gasteiger partial charge in [-0.05, 0) is 127 Å². The van der Waals surface area contributed by atoms with Crippen molar-refractivity contribution in [1.82, 2.24) is 19.6 Å². The van der Waals surface area contributed by atoms with Crippen molar-refractivity contribution < 1.29 is 68.1 Å². The van der Waals surface area contributed by atoms with Crippen LogP contribution in [0.1, 0.15) is 254 Å². The smallest absolute Gasteiger partial charge is 0.305 e. The summed E-state index contributed by atoms with van der Waals surface area (Å²) in [4.78, 5) is 70.7. The quantitative estimate of drug-likeness (QED) is 0.0192. The Balaban J connectivity index is 2.45. The van der Waals surface area contributed by atoms with E-state index in [0.29, 0.717) is 173 Å². The number of nitrogens with zero attached hydrogens (tertiary/aromatic N) is 4. The molecule has 1 saturated heterocycles. The van der Waals surface area contributed by atoms with Gasteiger partial charge in [-0.3, -0.25) is 43.6 Å². The lowest BCUT2D eigenvalue weighted by Crippen LogP contribution is -2.47. The molecule has 20 heteroatoms. The highest BCUT2D eigenvalue weighted by molar-refractivity contribution is 8.76. The van der Waals surface area contributed by atoms with Gasteiger partial charge < -0.3 is 44.1 Å². The molecular formula is C71H136N4O14S2. The van der Waals surface area contributed by atoms with E-state index >= 15 is 0 Å². The van der Waals surface area contributed by atoms with Crippen molar-refractivity contribution in [2.24, 2.45) is 23.7 Å². The molecule has 0 aromatic rings. The summed E-state index contributed by atoms with van der Waals surface area (Å²) in [5, 5.41) is 44.2. The average molecular weight is 1330 g/mol. The van der Waals surface area contributed by atoms with Gasteiger partial charge in [0.1, 0.15) is 6.61 Å². The number of ether oxygens (including phenoxy) is 5. The van der Waals surface area contributed by atoms with Gasteiger partial charge in [-0.25, -0.2) is 0 Å². The summed E-state index contributed by atoms with van der Waals surface area (Å²) in [7, 11) is 3.81. The molecular weight excluding hydrogens is 1200 g/mol. The fourth-order valence-corrected chi connectivity index (χ4v) is 13.1. The zero-order valence-electron chi connectivity index (χ0n) is 59.0. The van der Waals surface area contributed by atoms with E-state index in [0.717, 1.165) is 173 Å². The van der Waals surface area contributed by atoms with Gasteiger partial charge in [0.2, 0.25) is 0 Å². The molecule has 1 aliphatic heterocycles. The van der Waals surface area contributed by atoms with Gasteiger partial charge in [0, 0.05) is 109 Å². The minimum atomic E-state index is -0.551. The summed E-state index contributed by atoms with van der Waals surface area (Å²) < 4.78 is 27.3. The van der Waals surface area contributed by atoms with Crippen LogP contribution >= 0.6 is 21.6 Å². The second kappa shape index (κ2) is 59.0. The lowest BCUT2D eigenvalue weighted by molar-refractivity contribution is -0.146. The molecule has 4 N–H and O–H groups in total. The van der Waals surface area contributed by atoms with Crippen molar-refractivity contribution in [3.8, 4) is 0 Å². The molecule has 1 rings (SSSR count). The number of carbonyl (C=O) groups excluding carboxylic acids is 5. The van der Waals surface area contributed by atoms with E-state index in [1.165, 1.54) is 0 Å². The van der Waals surface area contributed by atoms with Crippen molar-refractivity contribution in [2.75, 3.05) is 123 Å². The molecule has 0 bridgehead atoms. The van der Waals surface area contributed by atoms with Crippen LogP contribution in [-0.4, -0.2) is 217 Å². The van der Waals surface area contributed by atoms with Crippen molar-refractivity contribution >= 4 is 51.4 Å². The molecule has 0 aromatic heterocycles. The van der Waals surface area contributed by atoms with Gasteiger partial charge in [0.05, 0.1) is 50.8 Å². The summed E-state index contributed by atoms with van der Waals surface area (Å²) in [6.45, 7) is 28.0. The predicted molar refractivity (Wildman–Crippen MR) is 372 cm³/mol. The number of rotatable bonds is 63. The molecule has 4 atom stereocenters. The molecule has 1 fully saturated rings. The fourth-order valence-electron chi connectivity index (χ4n) is 10.9. The number of hydrogen-bond donors (Lipinski definition) is 4. The van der Waals surface area contributed by atoms with Gasteiger partial charge in [-0.1, -0.05) is 154 Å². The van der Waals surface area contributed by atoms with Gasteiger partial charge >= 0.3 is 29.8 Å². The Morgan fingerprint density at radius 3 is 1.07 bits per heavy atom. The van der Waals surface area contributed by atoms with Crippen LogP contribution in [0.25, 0.3) is 0 Å². The summed E-state index contributed by atoms with van der Waals surface area (Å²) in [5.41, 5.74) is 0. The average Bonchev–Trinajstić information content (AvgIpc) is 3.71. The highest BCUT2D eigenvalue weighted by Gasteiger charge is 2.21. The van der Waals surface area contributed by atoms with E-state index < -0.39 is 24.4 Å². The van der Waals surface area contributed by atoms with Crippen molar-refractivity contribution in [3.63, 3.8) is 0 Å². The van der Waals surface area contributed by atoms with E-state index in [4.69, 9.17) is 23.7 Å². The van der Waals surface area contributed by atoms with E-state index in [9.17, 15) is 44.4 Å². The number of hydrogen-bond acceptors (Lipinski definition) is 20. The first-order chi connectivity index (χ1) is 43.8. The lowest BCUT2D eigenvalue weighted by Gasteiger charge is -2.34. The Bertz CT molecular complexity index is 1670. The zero-order chi connectivity index (χ0) is 67.1. The largest absolute Gasteiger partial charge is 0.466 e. The number of carbonyl (C=O) groups is 5. The molecule has 91 heavy (non-hydrogen) atoms. The van der Waals surface area contributed by atoms with Gasteiger partial charge in [-0.2, -0.15) is 0 Å². The highest BCUT2D eigenvalue weighted by atomic mass is 33.1. The fraction of sp³-hybridized carbons (Fsp3) is 0.930. The molecule has 1 heterocycles. The van der Waals surface area contributed by atoms with Crippen LogP contribution in [0.2, 0.25) is 0 Å².